The van der Waals surface area contributed by atoms with Crippen LogP contribution in [0.3, 0.4) is 0 Å². The number of pyridine rings is 1. The summed E-state index contributed by atoms with van der Waals surface area (Å²) in [4.78, 5) is 3.90. The number of nitrogen functional groups attached to an aromatic ring is 1. The van der Waals surface area contributed by atoms with Crippen LogP contribution < -0.4 is 11.5 Å². The van der Waals surface area contributed by atoms with E-state index in [1.165, 1.54) is 0 Å². The number of hydrogen-bond donors (Lipinski definition) is 2. The summed E-state index contributed by atoms with van der Waals surface area (Å²) in [5.41, 5.74) is 11.1. The van der Waals surface area contributed by atoms with Crippen LogP contribution in [-0.2, 0) is 6.42 Å². The molecule has 0 aliphatic heterocycles. The molecule has 2 atom stereocenters. The first-order chi connectivity index (χ1) is 7.57. The van der Waals surface area contributed by atoms with Crippen molar-refractivity contribution in [3.05, 3.63) is 23.9 Å². The van der Waals surface area contributed by atoms with Gasteiger partial charge in [0.15, 0.2) is 0 Å². The van der Waals surface area contributed by atoms with Crippen molar-refractivity contribution in [1.29, 1.82) is 0 Å². The number of nitrogens with zero attached hydrogens (tertiary/aromatic N) is 1. The fraction of sp³-hybridized carbons (Fsp3) is 0.583. The quantitative estimate of drug-likeness (QED) is 0.803. The second-order valence-electron chi connectivity index (χ2n) is 4.77. The number of hydrogen-bond acceptors (Lipinski definition) is 3. The summed E-state index contributed by atoms with van der Waals surface area (Å²) in [6.45, 7) is 0. The highest BCUT2D eigenvalue weighted by atomic mass is 19.1. The fourth-order valence-electron chi connectivity index (χ4n) is 2.49. The van der Waals surface area contributed by atoms with Gasteiger partial charge in [0.05, 0.1) is 0 Å². The van der Waals surface area contributed by atoms with Crippen LogP contribution in [0.1, 0.15) is 31.2 Å². The average Bonchev–Trinajstić information content (AvgIpc) is 2.16. The molecule has 16 heavy (non-hydrogen) atoms. The van der Waals surface area contributed by atoms with E-state index < -0.39 is 5.67 Å². The molecule has 1 heterocycles. The zero-order valence-corrected chi connectivity index (χ0v) is 9.32. The van der Waals surface area contributed by atoms with Crippen molar-refractivity contribution in [2.45, 2.75) is 43.8 Å². The van der Waals surface area contributed by atoms with Gasteiger partial charge in [0, 0.05) is 18.7 Å². The Kier molecular flexibility index (Phi) is 3.10. The van der Waals surface area contributed by atoms with Gasteiger partial charge in [-0.25, -0.2) is 9.37 Å². The molecule has 0 aromatic carbocycles. The monoisotopic (exact) mass is 223 g/mol. The average molecular weight is 223 g/mol. The second-order valence-corrected chi connectivity index (χ2v) is 4.77. The predicted octanol–water partition coefficient (Wildman–Crippen LogP) is 1.82. The van der Waals surface area contributed by atoms with Gasteiger partial charge in [-0.2, -0.15) is 0 Å². The highest BCUT2D eigenvalue weighted by molar-refractivity contribution is 5.32. The molecule has 1 aromatic rings. The van der Waals surface area contributed by atoms with E-state index in [1.807, 2.05) is 6.07 Å². The molecule has 2 unspecified atom stereocenters. The normalized spacial score (nSPS) is 30.2. The lowest BCUT2D eigenvalue weighted by molar-refractivity contribution is 0.0965. The predicted molar refractivity (Wildman–Crippen MR) is 62.6 cm³/mol. The van der Waals surface area contributed by atoms with Crippen molar-refractivity contribution in [1.82, 2.24) is 4.98 Å². The molecule has 88 valence electrons. The van der Waals surface area contributed by atoms with E-state index in [1.54, 1.807) is 12.3 Å². The molecule has 1 aromatic heterocycles. The van der Waals surface area contributed by atoms with Crippen molar-refractivity contribution in [3.63, 3.8) is 0 Å². The number of aromatic nitrogens is 1. The maximum Gasteiger partial charge on any atom is 0.123 e. The molecule has 1 fully saturated rings. The fourth-order valence-corrected chi connectivity index (χ4v) is 2.49. The molecule has 0 amide bonds. The number of halogens is 1. The topological polar surface area (TPSA) is 64.9 Å². The molecule has 1 saturated carbocycles. The van der Waals surface area contributed by atoms with Gasteiger partial charge in [-0.15, -0.1) is 0 Å². The molecular weight excluding hydrogens is 205 g/mol. The van der Waals surface area contributed by atoms with Crippen molar-refractivity contribution >= 4 is 5.82 Å². The van der Waals surface area contributed by atoms with Crippen LogP contribution in [0, 0.1) is 0 Å². The van der Waals surface area contributed by atoms with Gasteiger partial charge >= 0.3 is 0 Å². The van der Waals surface area contributed by atoms with E-state index in [4.69, 9.17) is 11.5 Å². The maximum absolute atomic E-state index is 14.5. The third-order valence-electron chi connectivity index (χ3n) is 3.19. The van der Waals surface area contributed by atoms with E-state index >= 15 is 0 Å². The largest absolute Gasteiger partial charge is 0.384 e. The first kappa shape index (κ1) is 11.3. The molecule has 0 bridgehead atoms. The minimum absolute atomic E-state index is 0.00191. The molecule has 2 rings (SSSR count). The van der Waals surface area contributed by atoms with Crippen molar-refractivity contribution in [2.24, 2.45) is 5.73 Å². The SMILES string of the molecule is Nc1cc(CC2(F)CCCC(N)C2)ccn1. The van der Waals surface area contributed by atoms with Crippen molar-refractivity contribution < 1.29 is 4.39 Å². The minimum atomic E-state index is -1.16. The first-order valence-electron chi connectivity index (χ1n) is 5.72. The van der Waals surface area contributed by atoms with Crippen LogP contribution in [0.4, 0.5) is 10.2 Å². The molecule has 1 aliphatic rings. The van der Waals surface area contributed by atoms with Gasteiger partial charge in [-0.3, -0.25) is 0 Å². The lowest BCUT2D eigenvalue weighted by Gasteiger charge is -2.33. The Labute approximate surface area is 95.0 Å². The molecule has 0 radical (unpaired) electrons. The Hall–Kier alpha value is -1.16. The Morgan fingerprint density at radius 3 is 3.06 bits per heavy atom. The van der Waals surface area contributed by atoms with Gasteiger partial charge in [0.1, 0.15) is 11.5 Å². The van der Waals surface area contributed by atoms with Crippen LogP contribution in [0.5, 0.6) is 0 Å². The molecule has 0 spiro atoms. The van der Waals surface area contributed by atoms with E-state index in [0.29, 0.717) is 25.1 Å². The number of alkyl halides is 1. The Morgan fingerprint density at radius 1 is 1.56 bits per heavy atom. The van der Waals surface area contributed by atoms with E-state index in [-0.39, 0.29) is 6.04 Å². The van der Waals surface area contributed by atoms with Crippen LogP contribution >= 0.6 is 0 Å². The third-order valence-corrected chi connectivity index (χ3v) is 3.19. The standard InChI is InChI=1S/C12H18FN3/c13-12(4-1-2-10(14)8-12)7-9-3-5-16-11(15)6-9/h3,5-6,10H,1-2,4,7-8,14H2,(H2,15,16). The Balaban J connectivity index is 2.08. The minimum Gasteiger partial charge on any atom is -0.384 e. The van der Waals surface area contributed by atoms with E-state index in [2.05, 4.69) is 4.98 Å². The van der Waals surface area contributed by atoms with Crippen molar-refractivity contribution in [2.75, 3.05) is 5.73 Å². The van der Waals surface area contributed by atoms with Gasteiger partial charge in [0.25, 0.3) is 0 Å². The highest BCUT2D eigenvalue weighted by Crippen LogP contribution is 2.34. The lowest BCUT2D eigenvalue weighted by Crippen LogP contribution is -2.39. The zero-order valence-electron chi connectivity index (χ0n) is 9.32. The van der Waals surface area contributed by atoms with Gasteiger partial charge < -0.3 is 11.5 Å². The summed E-state index contributed by atoms with van der Waals surface area (Å²) in [5, 5.41) is 0. The molecule has 4 N–H and O–H groups in total. The number of rotatable bonds is 2. The van der Waals surface area contributed by atoms with Crippen LogP contribution in [0.2, 0.25) is 0 Å². The number of nitrogens with two attached hydrogens (primary N) is 2. The van der Waals surface area contributed by atoms with Crippen LogP contribution in [0.15, 0.2) is 18.3 Å². The van der Waals surface area contributed by atoms with Gasteiger partial charge in [0.2, 0.25) is 0 Å². The summed E-state index contributed by atoms with van der Waals surface area (Å²) in [6.07, 6.45) is 4.88. The number of anilines is 1. The lowest BCUT2D eigenvalue weighted by atomic mass is 9.80. The van der Waals surface area contributed by atoms with E-state index in [0.717, 1.165) is 18.4 Å². The summed E-state index contributed by atoms with van der Waals surface area (Å²) in [7, 11) is 0. The van der Waals surface area contributed by atoms with Crippen LogP contribution in [-0.4, -0.2) is 16.7 Å². The summed E-state index contributed by atoms with van der Waals surface area (Å²) >= 11 is 0. The molecular formula is C12H18FN3. The second kappa shape index (κ2) is 4.37. The maximum atomic E-state index is 14.5. The smallest absolute Gasteiger partial charge is 0.123 e. The van der Waals surface area contributed by atoms with E-state index in [9.17, 15) is 4.39 Å². The Bertz CT molecular complexity index is 369. The zero-order chi connectivity index (χ0) is 11.6. The summed E-state index contributed by atoms with van der Waals surface area (Å²) < 4.78 is 14.5. The molecule has 3 nitrogen and oxygen atoms in total. The van der Waals surface area contributed by atoms with Crippen LogP contribution in [0.25, 0.3) is 0 Å². The molecule has 4 heteroatoms. The highest BCUT2D eigenvalue weighted by Gasteiger charge is 2.35. The Morgan fingerprint density at radius 2 is 2.38 bits per heavy atom. The first-order valence-corrected chi connectivity index (χ1v) is 5.72. The van der Waals surface area contributed by atoms with Crippen molar-refractivity contribution in [3.8, 4) is 0 Å². The third kappa shape index (κ3) is 2.70. The van der Waals surface area contributed by atoms with Gasteiger partial charge in [-0.05, 0) is 43.4 Å². The molecule has 0 saturated heterocycles. The summed E-state index contributed by atoms with van der Waals surface area (Å²) in [6, 6.07) is 3.55. The van der Waals surface area contributed by atoms with Gasteiger partial charge in [-0.1, -0.05) is 0 Å². The molecule has 1 aliphatic carbocycles. The summed E-state index contributed by atoms with van der Waals surface area (Å²) in [5.74, 6) is 0.446.